The van der Waals surface area contributed by atoms with Crippen LogP contribution in [0.2, 0.25) is 0 Å². The fourth-order valence-electron chi connectivity index (χ4n) is 3.59. The van der Waals surface area contributed by atoms with Crippen LogP contribution in [0.25, 0.3) is 0 Å². The summed E-state index contributed by atoms with van der Waals surface area (Å²) in [6.45, 7) is 3.03. The van der Waals surface area contributed by atoms with E-state index in [1.54, 1.807) is 11.0 Å². The van der Waals surface area contributed by atoms with Crippen LogP contribution < -0.4 is 19.1 Å². The van der Waals surface area contributed by atoms with Crippen molar-refractivity contribution in [2.45, 2.75) is 38.1 Å². The van der Waals surface area contributed by atoms with Gasteiger partial charge < -0.3 is 24.0 Å². The molecular formula is C21H26N4O4. The summed E-state index contributed by atoms with van der Waals surface area (Å²) in [5.74, 6) is 2.43. The molecule has 3 atom stereocenters. The normalized spacial score (nSPS) is 23.4. The highest BCUT2D eigenvalue weighted by Crippen LogP contribution is 2.34. The second-order valence-electron chi connectivity index (χ2n) is 7.60. The van der Waals surface area contributed by atoms with Gasteiger partial charge in [-0.15, -0.1) is 10.2 Å². The smallest absolute Gasteiger partial charge is 0.267 e. The van der Waals surface area contributed by atoms with Crippen LogP contribution in [0.1, 0.15) is 19.8 Å². The van der Waals surface area contributed by atoms with Crippen molar-refractivity contribution >= 4 is 11.7 Å². The molecule has 8 heteroatoms. The predicted octanol–water partition coefficient (Wildman–Crippen LogP) is 2.14. The van der Waals surface area contributed by atoms with Gasteiger partial charge in [-0.1, -0.05) is 12.1 Å². The summed E-state index contributed by atoms with van der Waals surface area (Å²) in [5.41, 5.74) is 0. The van der Waals surface area contributed by atoms with E-state index in [4.69, 9.17) is 14.2 Å². The Bertz CT molecular complexity index is 858. The first-order valence-corrected chi connectivity index (χ1v) is 9.90. The first kappa shape index (κ1) is 19.3. The highest BCUT2D eigenvalue weighted by atomic mass is 16.6. The molecule has 3 unspecified atom stereocenters. The average Bonchev–Trinajstić information content (AvgIpc) is 2.73. The number of amides is 1. The molecule has 0 bridgehead atoms. The molecule has 2 aliphatic rings. The highest BCUT2D eigenvalue weighted by Gasteiger charge is 2.38. The van der Waals surface area contributed by atoms with Crippen LogP contribution in [0, 0.1) is 0 Å². The SMILES string of the molecule is CC1Oc2ccccc2OC1C(=O)N1CCCC(Oc2ccc(N(C)C)nn2)C1. The molecule has 2 aliphatic heterocycles. The summed E-state index contributed by atoms with van der Waals surface area (Å²) in [7, 11) is 3.82. The van der Waals surface area contributed by atoms with Crippen LogP contribution in [0.5, 0.6) is 17.4 Å². The zero-order valence-corrected chi connectivity index (χ0v) is 16.9. The van der Waals surface area contributed by atoms with Gasteiger partial charge in [0.25, 0.3) is 5.91 Å². The number of hydrogen-bond donors (Lipinski definition) is 0. The van der Waals surface area contributed by atoms with E-state index in [1.807, 2.05) is 56.3 Å². The van der Waals surface area contributed by atoms with Crippen LogP contribution >= 0.6 is 0 Å². The molecule has 4 rings (SSSR count). The molecule has 0 saturated carbocycles. The predicted molar refractivity (Wildman–Crippen MR) is 108 cm³/mol. The number of para-hydroxylation sites is 2. The van der Waals surface area contributed by atoms with Gasteiger partial charge in [0.15, 0.2) is 17.3 Å². The van der Waals surface area contributed by atoms with Crippen molar-refractivity contribution in [2.75, 3.05) is 32.1 Å². The lowest BCUT2D eigenvalue weighted by Gasteiger charge is -2.37. The monoisotopic (exact) mass is 398 g/mol. The zero-order chi connectivity index (χ0) is 20.4. The van der Waals surface area contributed by atoms with Crippen molar-refractivity contribution in [2.24, 2.45) is 0 Å². The van der Waals surface area contributed by atoms with E-state index in [9.17, 15) is 4.79 Å². The van der Waals surface area contributed by atoms with E-state index in [-0.39, 0.29) is 18.1 Å². The quantitative estimate of drug-likeness (QED) is 0.781. The van der Waals surface area contributed by atoms with Gasteiger partial charge in [-0.05, 0) is 38.0 Å². The minimum Gasteiger partial charge on any atom is -0.482 e. The number of nitrogens with zero attached hydrogens (tertiary/aromatic N) is 4. The van der Waals surface area contributed by atoms with Crippen molar-refractivity contribution < 1.29 is 19.0 Å². The number of aromatic nitrogens is 2. The van der Waals surface area contributed by atoms with Crippen molar-refractivity contribution in [3.05, 3.63) is 36.4 Å². The number of hydrogen-bond acceptors (Lipinski definition) is 7. The van der Waals surface area contributed by atoms with Crippen molar-refractivity contribution in [1.29, 1.82) is 0 Å². The average molecular weight is 398 g/mol. The first-order valence-electron chi connectivity index (χ1n) is 9.90. The molecule has 8 nitrogen and oxygen atoms in total. The van der Waals surface area contributed by atoms with Gasteiger partial charge >= 0.3 is 0 Å². The maximum Gasteiger partial charge on any atom is 0.267 e. The molecule has 3 heterocycles. The molecule has 1 aromatic heterocycles. The van der Waals surface area contributed by atoms with Gasteiger partial charge in [0.2, 0.25) is 12.0 Å². The number of benzene rings is 1. The van der Waals surface area contributed by atoms with E-state index in [0.29, 0.717) is 30.5 Å². The summed E-state index contributed by atoms with van der Waals surface area (Å²) in [6, 6.07) is 11.1. The van der Waals surface area contributed by atoms with Gasteiger partial charge in [-0.2, -0.15) is 0 Å². The lowest BCUT2D eigenvalue weighted by Crippen LogP contribution is -2.54. The Morgan fingerprint density at radius 2 is 1.90 bits per heavy atom. The Balaban J connectivity index is 1.39. The summed E-state index contributed by atoms with van der Waals surface area (Å²) in [6.07, 6.45) is 0.574. The van der Waals surface area contributed by atoms with Crippen molar-refractivity contribution in [3.63, 3.8) is 0 Å². The Morgan fingerprint density at radius 3 is 2.59 bits per heavy atom. The molecule has 29 heavy (non-hydrogen) atoms. The summed E-state index contributed by atoms with van der Waals surface area (Å²) in [4.78, 5) is 16.8. The van der Waals surface area contributed by atoms with Crippen molar-refractivity contribution in [3.8, 4) is 17.4 Å². The minimum absolute atomic E-state index is 0.0747. The van der Waals surface area contributed by atoms with E-state index < -0.39 is 6.10 Å². The topological polar surface area (TPSA) is 77.0 Å². The Hall–Kier alpha value is -3.03. The van der Waals surface area contributed by atoms with Gasteiger partial charge in [0.1, 0.15) is 12.2 Å². The number of carbonyl (C=O) groups excluding carboxylic acids is 1. The third-order valence-electron chi connectivity index (χ3n) is 5.15. The van der Waals surface area contributed by atoms with E-state index >= 15 is 0 Å². The summed E-state index contributed by atoms with van der Waals surface area (Å²) < 4.78 is 17.8. The largest absolute Gasteiger partial charge is 0.482 e. The Morgan fingerprint density at radius 1 is 1.14 bits per heavy atom. The standard InChI is InChI=1S/C21H26N4O4/c1-14-20(29-17-9-5-4-8-16(17)27-14)21(26)25-12-6-7-15(13-25)28-19-11-10-18(22-23-19)24(2)3/h4-5,8-11,14-15,20H,6-7,12-13H2,1-3H3. The van der Waals surface area contributed by atoms with Crippen LogP contribution in [-0.2, 0) is 4.79 Å². The number of rotatable bonds is 4. The molecule has 1 fully saturated rings. The van der Waals surface area contributed by atoms with Crippen LogP contribution in [0.3, 0.4) is 0 Å². The third-order valence-corrected chi connectivity index (χ3v) is 5.15. The number of likely N-dealkylation sites (tertiary alicyclic amines) is 1. The fourth-order valence-corrected chi connectivity index (χ4v) is 3.59. The molecule has 2 aromatic rings. The number of ether oxygens (including phenoxy) is 3. The lowest BCUT2D eigenvalue weighted by molar-refractivity contribution is -0.147. The van der Waals surface area contributed by atoms with Gasteiger partial charge in [0.05, 0.1) is 6.54 Å². The van der Waals surface area contributed by atoms with Crippen molar-refractivity contribution in [1.82, 2.24) is 15.1 Å². The van der Waals surface area contributed by atoms with Crippen LogP contribution in [-0.4, -0.2) is 66.5 Å². The number of carbonyl (C=O) groups is 1. The van der Waals surface area contributed by atoms with E-state index in [1.165, 1.54) is 0 Å². The van der Waals surface area contributed by atoms with Crippen LogP contribution in [0.15, 0.2) is 36.4 Å². The number of anilines is 1. The summed E-state index contributed by atoms with van der Waals surface area (Å²) >= 11 is 0. The third kappa shape index (κ3) is 4.21. The van der Waals surface area contributed by atoms with Gasteiger partial charge in [-0.3, -0.25) is 4.79 Å². The molecular weight excluding hydrogens is 372 g/mol. The van der Waals surface area contributed by atoms with Gasteiger partial charge in [0, 0.05) is 26.7 Å². The number of piperidine rings is 1. The van der Waals surface area contributed by atoms with E-state index in [0.717, 1.165) is 18.7 Å². The van der Waals surface area contributed by atoms with E-state index in [2.05, 4.69) is 10.2 Å². The zero-order valence-electron chi connectivity index (χ0n) is 16.9. The molecule has 1 aromatic carbocycles. The minimum atomic E-state index is -0.664. The second kappa shape index (κ2) is 8.14. The highest BCUT2D eigenvalue weighted by molar-refractivity contribution is 5.82. The molecule has 0 radical (unpaired) electrons. The molecule has 0 aliphatic carbocycles. The Labute approximate surface area is 170 Å². The maximum absolute atomic E-state index is 13.1. The molecule has 1 amide bonds. The molecule has 154 valence electrons. The van der Waals surface area contributed by atoms with Gasteiger partial charge in [-0.25, -0.2) is 0 Å². The summed E-state index contributed by atoms with van der Waals surface area (Å²) in [5, 5.41) is 8.27. The fraction of sp³-hybridized carbons (Fsp3) is 0.476. The molecule has 0 spiro atoms. The maximum atomic E-state index is 13.1. The molecule has 0 N–H and O–H groups in total. The van der Waals surface area contributed by atoms with Crippen LogP contribution in [0.4, 0.5) is 5.82 Å². The molecule has 1 saturated heterocycles. The second-order valence-corrected chi connectivity index (χ2v) is 7.60. The number of fused-ring (bicyclic) bond motifs is 1. The first-order chi connectivity index (χ1) is 14.0. The Kier molecular flexibility index (Phi) is 5.42. The lowest BCUT2D eigenvalue weighted by atomic mass is 10.1.